The quantitative estimate of drug-likeness (QED) is 0.445. The van der Waals surface area contributed by atoms with Crippen LogP contribution in [-0.4, -0.2) is 46.9 Å². The average molecular weight is 584 g/mol. The summed E-state index contributed by atoms with van der Waals surface area (Å²) >= 11 is 6.04. The molecule has 2 unspecified atom stereocenters. The summed E-state index contributed by atoms with van der Waals surface area (Å²) in [6.45, 7) is 8.87. The van der Waals surface area contributed by atoms with Crippen LogP contribution in [-0.2, 0) is 9.59 Å². The van der Waals surface area contributed by atoms with Gasteiger partial charge in [-0.2, -0.15) is 5.26 Å². The number of amides is 3. The molecule has 2 aliphatic rings. The van der Waals surface area contributed by atoms with E-state index in [0.29, 0.717) is 41.7 Å². The fourth-order valence-electron chi connectivity index (χ4n) is 5.45. The predicted molar refractivity (Wildman–Crippen MR) is 151 cm³/mol. The van der Waals surface area contributed by atoms with Crippen molar-refractivity contribution < 1.29 is 23.5 Å². The highest BCUT2D eigenvalue weighted by atomic mass is 35.5. The Balaban J connectivity index is 1.51. The van der Waals surface area contributed by atoms with Gasteiger partial charge in [0.2, 0.25) is 5.91 Å². The van der Waals surface area contributed by atoms with Gasteiger partial charge in [0.15, 0.2) is 6.10 Å². The summed E-state index contributed by atoms with van der Waals surface area (Å²) in [5.74, 6) is -1.14. The Hall–Kier alpha value is -3.68. The van der Waals surface area contributed by atoms with Crippen molar-refractivity contribution in [1.82, 2.24) is 21.1 Å². The third kappa shape index (κ3) is 6.47. The summed E-state index contributed by atoms with van der Waals surface area (Å²) in [5, 5.41) is 12.6. The minimum atomic E-state index is -0.910. The van der Waals surface area contributed by atoms with E-state index in [1.54, 1.807) is 56.9 Å². The van der Waals surface area contributed by atoms with Crippen LogP contribution in [0.4, 0.5) is 4.39 Å². The molecule has 5 atom stereocenters. The largest absolute Gasteiger partial charge is 0.480 e. The monoisotopic (exact) mass is 583 g/mol. The van der Waals surface area contributed by atoms with Gasteiger partial charge >= 0.3 is 0 Å². The number of benzene rings is 2. The Morgan fingerprint density at radius 2 is 1.98 bits per heavy atom. The molecule has 2 fully saturated rings. The second-order valence-electron chi connectivity index (χ2n) is 11.4. The molecule has 2 aromatic rings. The molecule has 3 N–H and O–H groups in total. The van der Waals surface area contributed by atoms with Crippen molar-refractivity contribution >= 4 is 29.3 Å². The van der Waals surface area contributed by atoms with Gasteiger partial charge in [-0.3, -0.25) is 19.8 Å². The summed E-state index contributed by atoms with van der Waals surface area (Å²) in [6, 6.07) is 9.84. The number of nitriles is 1. The van der Waals surface area contributed by atoms with Crippen LogP contribution in [0, 0.1) is 29.5 Å². The molecule has 0 aliphatic carbocycles. The van der Waals surface area contributed by atoms with Crippen molar-refractivity contribution in [2.75, 3.05) is 0 Å². The van der Waals surface area contributed by atoms with Crippen LogP contribution in [0.15, 0.2) is 36.4 Å². The zero-order valence-electron chi connectivity index (χ0n) is 23.8. The number of hydrazine groups is 1. The fraction of sp³-hybridized carbons (Fsp3) is 0.467. The summed E-state index contributed by atoms with van der Waals surface area (Å²) < 4.78 is 19.8. The van der Waals surface area contributed by atoms with E-state index in [1.807, 2.05) is 6.92 Å². The first-order valence-electron chi connectivity index (χ1n) is 13.6. The van der Waals surface area contributed by atoms with E-state index in [0.717, 1.165) is 0 Å². The number of nitrogens with one attached hydrogen (secondary N) is 3. The van der Waals surface area contributed by atoms with Gasteiger partial charge in [0.25, 0.3) is 11.8 Å². The van der Waals surface area contributed by atoms with Gasteiger partial charge < -0.3 is 15.0 Å². The number of likely N-dealkylation sites (tertiary alicyclic amines) is 1. The van der Waals surface area contributed by atoms with Crippen LogP contribution in [0.5, 0.6) is 5.75 Å². The Morgan fingerprint density at radius 3 is 2.63 bits per heavy atom. The van der Waals surface area contributed by atoms with Crippen LogP contribution in [0.3, 0.4) is 0 Å². The van der Waals surface area contributed by atoms with Gasteiger partial charge in [-0.25, -0.2) is 9.82 Å². The highest BCUT2D eigenvalue weighted by Crippen LogP contribution is 2.44. The Morgan fingerprint density at radius 1 is 1.24 bits per heavy atom. The number of aryl methyl sites for hydroxylation is 1. The smallest absolute Gasteiger partial charge is 0.275 e. The molecule has 2 aliphatic heterocycles. The zero-order chi connectivity index (χ0) is 30.1. The molecule has 0 bridgehead atoms. The predicted octanol–water partition coefficient (Wildman–Crippen LogP) is 4.35. The number of carbonyl (C=O) groups excluding carboxylic acids is 3. The standard InChI is InChI=1S/C30H35ClFN5O4/c1-16-12-20(7-10-24(16)41-25-13-17(2)35-36-28(25)39)27(38)34-18(3)29(40)37-23(9-11-26(37)30(4,5)15-33)19-6-8-22(32)21(31)14-19/h6-8,10,12,14,17-18,23,25-26,35H,9,11,13H2,1-5H3,(H,34,38)(H,36,39)/t17?,18-,23+,25?,26-/m1/s1. The molecule has 2 heterocycles. The van der Waals surface area contributed by atoms with Gasteiger partial charge in [0.1, 0.15) is 17.6 Å². The number of hydrogen-bond acceptors (Lipinski definition) is 6. The van der Waals surface area contributed by atoms with Gasteiger partial charge in [-0.1, -0.05) is 17.7 Å². The van der Waals surface area contributed by atoms with E-state index in [1.165, 1.54) is 12.1 Å². The molecule has 0 spiro atoms. The van der Waals surface area contributed by atoms with Gasteiger partial charge in [0, 0.05) is 18.0 Å². The molecule has 2 aromatic carbocycles. The van der Waals surface area contributed by atoms with Crippen molar-refractivity contribution in [3.63, 3.8) is 0 Å². The van der Waals surface area contributed by atoms with Crippen molar-refractivity contribution in [2.24, 2.45) is 5.41 Å². The van der Waals surface area contributed by atoms with Crippen LogP contribution in [0.25, 0.3) is 0 Å². The normalized spacial score (nSPS) is 23.4. The molecule has 4 rings (SSSR count). The number of halogens is 2. The van der Waals surface area contributed by atoms with Crippen LogP contribution in [0.1, 0.15) is 74.5 Å². The minimum absolute atomic E-state index is 0.0441. The van der Waals surface area contributed by atoms with Crippen LogP contribution >= 0.6 is 11.6 Å². The molecule has 218 valence electrons. The molecule has 0 aromatic heterocycles. The van der Waals surface area contributed by atoms with E-state index in [2.05, 4.69) is 22.2 Å². The maximum atomic E-state index is 13.9. The Labute approximate surface area is 244 Å². The first kappa shape index (κ1) is 30.3. The van der Waals surface area contributed by atoms with E-state index in [-0.39, 0.29) is 22.9 Å². The summed E-state index contributed by atoms with van der Waals surface area (Å²) in [5.41, 5.74) is 6.26. The number of ether oxygens (including phenoxy) is 1. The lowest BCUT2D eigenvalue weighted by Gasteiger charge is -2.38. The summed E-state index contributed by atoms with van der Waals surface area (Å²) in [4.78, 5) is 40.8. The summed E-state index contributed by atoms with van der Waals surface area (Å²) in [6.07, 6.45) is 0.982. The first-order valence-corrected chi connectivity index (χ1v) is 14.0. The zero-order valence-corrected chi connectivity index (χ0v) is 24.5. The molecule has 41 heavy (non-hydrogen) atoms. The van der Waals surface area contributed by atoms with Crippen molar-refractivity contribution in [3.05, 3.63) is 63.9 Å². The van der Waals surface area contributed by atoms with E-state index < -0.39 is 41.4 Å². The highest BCUT2D eigenvalue weighted by molar-refractivity contribution is 6.30. The number of carbonyl (C=O) groups is 3. The maximum Gasteiger partial charge on any atom is 0.275 e. The van der Waals surface area contributed by atoms with Crippen molar-refractivity contribution in [3.8, 4) is 11.8 Å². The average Bonchev–Trinajstić information content (AvgIpc) is 3.39. The van der Waals surface area contributed by atoms with E-state index in [9.17, 15) is 24.0 Å². The lowest BCUT2D eigenvalue weighted by atomic mass is 9.84. The molecule has 9 nitrogen and oxygen atoms in total. The van der Waals surface area contributed by atoms with Crippen LogP contribution < -0.4 is 20.9 Å². The van der Waals surface area contributed by atoms with Gasteiger partial charge in [0.05, 0.1) is 28.6 Å². The molecule has 2 saturated heterocycles. The third-order valence-electron chi connectivity index (χ3n) is 7.82. The lowest BCUT2D eigenvalue weighted by molar-refractivity contribution is -0.137. The number of rotatable bonds is 7. The summed E-state index contributed by atoms with van der Waals surface area (Å²) in [7, 11) is 0. The molecule has 11 heteroatoms. The second kappa shape index (κ2) is 12.0. The highest BCUT2D eigenvalue weighted by Gasteiger charge is 2.46. The molecule has 3 amide bonds. The van der Waals surface area contributed by atoms with Gasteiger partial charge in [-0.05, 0) is 88.9 Å². The molecule has 0 saturated carbocycles. The lowest BCUT2D eigenvalue weighted by Crippen LogP contribution is -2.56. The topological polar surface area (TPSA) is 124 Å². The third-order valence-corrected chi connectivity index (χ3v) is 8.11. The van der Waals surface area contributed by atoms with Crippen molar-refractivity contribution in [1.29, 1.82) is 5.26 Å². The Kier molecular flexibility index (Phi) is 8.90. The van der Waals surface area contributed by atoms with Gasteiger partial charge in [-0.15, -0.1) is 0 Å². The van der Waals surface area contributed by atoms with E-state index >= 15 is 0 Å². The second-order valence-corrected chi connectivity index (χ2v) is 11.8. The SMILES string of the molecule is Cc1cc(C(=O)N[C@H](C)C(=O)N2[C@H](c3ccc(F)c(Cl)c3)CC[C@@H]2C(C)(C)C#N)ccc1OC1CC(C)NNC1=O. The van der Waals surface area contributed by atoms with Crippen molar-refractivity contribution in [2.45, 2.75) is 84.2 Å². The Bertz CT molecular complexity index is 1390. The number of nitrogens with zero attached hydrogens (tertiary/aromatic N) is 2. The molecular weight excluding hydrogens is 549 g/mol. The van der Waals surface area contributed by atoms with Crippen LogP contribution in [0.2, 0.25) is 5.02 Å². The fourth-order valence-corrected chi connectivity index (χ4v) is 5.64. The number of hydrogen-bond donors (Lipinski definition) is 3. The van der Waals surface area contributed by atoms with E-state index in [4.69, 9.17) is 16.3 Å². The molecular formula is C30H35ClFN5O4. The maximum absolute atomic E-state index is 13.9. The first-order chi connectivity index (χ1) is 19.3. The minimum Gasteiger partial charge on any atom is -0.480 e. The molecule has 0 radical (unpaired) electrons.